The van der Waals surface area contributed by atoms with E-state index in [1.54, 1.807) is 18.2 Å². The lowest BCUT2D eigenvalue weighted by Crippen LogP contribution is -2.20. The first-order valence-corrected chi connectivity index (χ1v) is 6.02. The predicted molar refractivity (Wildman–Crippen MR) is 69.8 cm³/mol. The summed E-state index contributed by atoms with van der Waals surface area (Å²) in [5.41, 5.74) is 12.9. The number of amides is 1. The van der Waals surface area contributed by atoms with Crippen molar-refractivity contribution in [1.82, 2.24) is 0 Å². The smallest absolute Gasteiger partial charge is 0.250 e. The first-order chi connectivity index (χ1) is 8.06. The van der Waals surface area contributed by atoms with Gasteiger partial charge in [0, 0.05) is 17.4 Å². The number of primary amides is 1. The van der Waals surface area contributed by atoms with E-state index >= 15 is 0 Å². The second kappa shape index (κ2) is 4.65. The number of carbonyl (C=O) groups excluding carboxylic acids is 1. The van der Waals surface area contributed by atoms with E-state index in [0.717, 1.165) is 18.0 Å². The van der Waals surface area contributed by atoms with E-state index in [2.05, 4.69) is 12.2 Å². The van der Waals surface area contributed by atoms with Gasteiger partial charge in [0.25, 0.3) is 5.91 Å². The average Bonchev–Trinajstić information content (AvgIpc) is 3.00. The van der Waals surface area contributed by atoms with E-state index in [1.165, 1.54) is 12.8 Å². The third-order valence-corrected chi connectivity index (χ3v) is 3.09. The lowest BCUT2D eigenvalue weighted by Gasteiger charge is -2.17. The van der Waals surface area contributed by atoms with Gasteiger partial charge >= 0.3 is 0 Å². The molecule has 0 saturated heterocycles. The average molecular weight is 233 g/mol. The third kappa shape index (κ3) is 3.12. The number of hydrogen-bond donors (Lipinski definition) is 3. The normalized spacial score (nSPS) is 16.5. The SMILES string of the molecule is CC(CC1CC1)Nc1cc(N)ccc1C(N)=O. The first kappa shape index (κ1) is 11.8. The Balaban J connectivity index is 2.11. The molecule has 1 aliphatic rings. The predicted octanol–water partition coefficient (Wildman–Crippen LogP) is 1.97. The zero-order chi connectivity index (χ0) is 12.4. The van der Waals surface area contributed by atoms with Crippen LogP contribution in [0.2, 0.25) is 0 Å². The maximum Gasteiger partial charge on any atom is 0.250 e. The largest absolute Gasteiger partial charge is 0.399 e. The molecule has 5 N–H and O–H groups in total. The van der Waals surface area contributed by atoms with Crippen molar-refractivity contribution in [3.05, 3.63) is 23.8 Å². The highest BCUT2D eigenvalue weighted by atomic mass is 16.1. The van der Waals surface area contributed by atoms with Crippen molar-refractivity contribution in [3.8, 4) is 0 Å². The van der Waals surface area contributed by atoms with Gasteiger partial charge in [0.05, 0.1) is 5.56 Å². The lowest BCUT2D eigenvalue weighted by molar-refractivity contribution is 0.100. The van der Waals surface area contributed by atoms with Crippen LogP contribution in [0.3, 0.4) is 0 Å². The van der Waals surface area contributed by atoms with Crippen LogP contribution in [0.4, 0.5) is 11.4 Å². The number of nitrogens with one attached hydrogen (secondary N) is 1. The maximum atomic E-state index is 11.3. The van der Waals surface area contributed by atoms with Gasteiger partial charge in [-0.3, -0.25) is 4.79 Å². The fourth-order valence-corrected chi connectivity index (χ4v) is 2.07. The quantitative estimate of drug-likeness (QED) is 0.680. The minimum absolute atomic E-state index is 0.336. The second-order valence-corrected chi connectivity index (χ2v) is 4.89. The molecule has 0 aliphatic heterocycles. The van der Waals surface area contributed by atoms with Crippen molar-refractivity contribution in [2.75, 3.05) is 11.1 Å². The van der Waals surface area contributed by atoms with Gasteiger partial charge in [-0.05, 0) is 37.5 Å². The third-order valence-electron chi connectivity index (χ3n) is 3.09. The summed E-state index contributed by atoms with van der Waals surface area (Å²) in [7, 11) is 0. The highest BCUT2D eigenvalue weighted by Crippen LogP contribution is 2.34. The zero-order valence-electron chi connectivity index (χ0n) is 10.1. The monoisotopic (exact) mass is 233 g/mol. The molecule has 0 aromatic heterocycles. The summed E-state index contributed by atoms with van der Waals surface area (Å²) in [5.74, 6) is 0.418. The van der Waals surface area contributed by atoms with Crippen LogP contribution >= 0.6 is 0 Å². The number of nitrogens with two attached hydrogens (primary N) is 2. The Morgan fingerprint density at radius 3 is 2.82 bits per heavy atom. The van der Waals surface area contributed by atoms with Crippen molar-refractivity contribution in [1.29, 1.82) is 0 Å². The molecular formula is C13H19N3O. The number of benzene rings is 1. The highest BCUT2D eigenvalue weighted by Gasteiger charge is 2.24. The Labute approximate surface area is 101 Å². The molecule has 4 nitrogen and oxygen atoms in total. The van der Waals surface area contributed by atoms with Crippen molar-refractivity contribution in [2.24, 2.45) is 11.7 Å². The molecule has 1 saturated carbocycles. The van der Waals surface area contributed by atoms with Gasteiger partial charge in [-0.1, -0.05) is 12.8 Å². The highest BCUT2D eigenvalue weighted by molar-refractivity contribution is 5.99. The Morgan fingerprint density at radius 1 is 1.53 bits per heavy atom. The molecule has 2 rings (SSSR count). The van der Waals surface area contributed by atoms with Crippen molar-refractivity contribution in [3.63, 3.8) is 0 Å². The van der Waals surface area contributed by atoms with E-state index in [1.807, 2.05) is 0 Å². The number of rotatable bonds is 5. The number of hydrogen-bond acceptors (Lipinski definition) is 3. The van der Waals surface area contributed by atoms with E-state index in [4.69, 9.17) is 11.5 Å². The molecule has 4 heteroatoms. The molecule has 1 aliphatic carbocycles. The van der Waals surface area contributed by atoms with Crippen LogP contribution in [0.5, 0.6) is 0 Å². The molecule has 0 radical (unpaired) electrons. The van der Waals surface area contributed by atoms with Gasteiger partial charge in [-0.25, -0.2) is 0 Å². The molecule has 0 bridgehead atoms. The van der Waals surface area contributed by atoms with Crippen LogP contribution < -0.4 is 16.8 Å². The van der Waals surface area contributed by atoms with E-state index in [9.17, 15) is 4.79 Å². The van der Waals surface area contributed by atoms with Crippen LogP contribution in [0.15, 0.2) is 18.2 Å². The molecular weight excluding hydrogens is 214 g/mol. The Bertz CT molecular complexity index is 427. The van der Waals surface area contributed by atoms with Gasteiger partial charge in [0.1, 0.15) is 0 Å². The summed E-state index contributed by atoms with van der Waals surface area (Å²) in [5, 5.41) is 3.32. The van der Waals surface area contributed by atoms with E-state index in [-0.39, 0.29) is 0 Å². The summed E-state index contributed by atoms with van der Waals surface area (Å²) >= 11 is 0. The molecule has 92 valence electrons. The fourth-order valence-electron chi connectivity index (χ4n) is 2.07. The molecule has 1 unspecified atom stereocenters. The molecule has 0 heterocycles. The van der Waals surface area contributed by atoms with Crippen LogP contribution in [0.25, 0.3) is 0 Å². The van der Waals surface area contributed by atoms with Crippen LogP contribution in [0.1, 0.15) is 36.5 Å². The van der Waals surface area contributed by atoms with Crippen LogP contribution in [-0.4, -0.2) is 11.9 Å². The van der Waals surface area contributed by atoms with Gasteiger partial charge in [0.2, 0.25) is 0 Å². The summed E-state index contributed by atoms with van der Waals surface area (Å²) < 4.78 is 0. The number of nitrogen functional groups attached to an aromatic ring is 1. The Hall–Kier alpha value is -1.71. The molecule has 1 amide bonds. The van der Waals surface area contributed by atoms with Gasteiger partial charge in [-0.15, -0.1) is 0 Å². The molecule has 1 fully saturated rings. The van der Waals surface area contributed by atoms with Crippen molar-refractivity contribution >= 4 is 17.3 Å². The Kier molecular flexibility index (Phi) is 3.22. The molecule has 1 aromatic rings. The summed E-state index contributed by atoms with van der Waals surface area (Å²) in [6.45, 7) is 2.12. The zero-order valence-corrected chi connectivity index (χ0v) is 10.1. The molecule has 17 heavy (non-hydrogen) atoms. The van der Waals surface area contributed by atoms with Gasteiger partial charge in [-0.2, -0.15) is 0 Å². The second-order valence-electron chi connectivity index (χ2n) is 4.89. The lowest BCUT2D eigenvalue weighted by atomic mass is 10.1. The maximum absolute atomic E-state index is 11.3. The van der Waals surface area contributed by atoms with Crippen molar-refractivity contribution in [2.45, 2.75) is 32.2 Å². The number of anilines is 2. The Morgan fingerprint density at radius 2 is 2.24 bits per heavy atom. The molecule has 1 aromatic carbocycles. The summed E-state index contributed by atoms with van der Waals surface area (Å²) in [4.78, 5) is 11.3. The molecule has 0 spiro atoms. The van der Waals surface area contributed by atoms with Crippen LogP contribution in [-0.2, 0) is 0 Å². The molecule has 1 atom stereocenters. The summed E-state index contributed by atoms with van der Waals surface area (Å²) in [6, 6.07) is 5.46. The minimum atomic E-state index is -0.425. The van der Waals surface area contributed by atoms with E-state index < -0.39 is 5.91 Å². The number of carbonyl (C=O) groups is 1. The standard InChI is InChI=1S/C13H19N3O/c1-8(6-9-2-3-9)16-12-7-10(14)4-5-11(12)13(15)17/h4-5,7-9,16H,2-3,6,14H2,1H3,(H2,15,17). The van der Waals surface area contributed by atoms with Gasteiger partial charge < -0.3 is 16.8 Å². The minimum Gasteiger partial charge on any atom is -0.399 e. The van der Waals surface area contributed by atoms with Gasteiger partial charge in [0.15, 0.2) is 0 Å². The van der Waals surface area contributed by atoms with Crippen molar-refractivity contribution < 1.29 is 4.79 Å². The topological polar surface area (TPSA) is 81.1 Å². The summed E-state index contributed by atoms with van der Waals surface area (Å²) in [6.07, 6.45) is 3.78. The van der Waals surface area contributed by atoms with E-state index in [0.29, 0.717) is 17.3 Å². The fraction of sp³-hybridized carbons (Fsp3) is 0.462. The van der Waals surface area contributed by atoms with Crippen LogP contribution in [0, 0.1) is 5.92 Å². The first-order valence-electron chi connectivity index (χ1n) is 6.02.